The molecule has 0 spiro atoms. The predicted octanol–water partition coefficient (Wildman–Crippen LogP) is 3.89. The molecular weight excluding hydrogens is 365 g/mol. The second kappa shape index (κ2) is 6.88. The van der Waals surface area contributed by atoms with Crippen molar-refractivity contribution in [3.63, 3.8) is 0 Å². The van der Waals surface area contributed by atoms with Crippen molar-refractivity contribution in [3.05, 3.63) is 33.5 Å². The van der Waals surface area contributed by atoms with E-state index in [1.807, 2.05) is 31.2 Å². The van der Waals surface area contributed by atoms with Crippen molar-refractivity contribution in [2.75, 3.05) is 19.0 Å². The van der Waals surface area contributed by atoms with Crippen LogP contribution in [0.15, 0.2) is 24.3 Å². The number of nitrogens with zero attached hydrogens (tertiary/aromatic N) is 2. The molecule has 0 aliphatic carbocycles. The molecule has 0 saturated heterocycles. The number of aryl methyl sites for hydroxylation is 1. The van der Waals surface area contributed by atoms with Gasteiger partial charge in [0.15, 0.2) is 5.82 Å². The van der Waals surface area contributed by atoms with Crippen LogP contribution in [0.4, 0.5) is 5.82 Å². The largest absolute Gasteiger partial charge is 0.497 e. The van der Waals surface area contributed by atoms with Crippen molar-refractivity contribution in [3.8, 4) is 17.1 Å². The Morgan fingerprint density at radius 1 is 1.30 bits per heavy atom. The van der Waals surface area contributed by atoms with Crippen molar-refractivity contribution in [1.29, 1.82) is 0 Å². The molecule has 106 valence electrons. The van der Waals surface area contributed by atoms with Crippen molar-refractivity contribution in [2.45, 2.75) is 20.3 Å². The average Bonchev–Trinajstić information content (AvgIpc) is 2.48. The van der Waals surface area contributed by atoms with Crippen LogP contribution >= 0.6 is 22.6 Å². The number of methoxy groups -OCH3 is 1. The van der Waals surface area contributed by atoms with Gasteiger partial charge in [-0.2, -0.15) is 0 Å². The molecule has 20 heavy (non-hydrogen) atoms. The Morgan fingerprint density at radius 2 is 2.10 bits per heavy atom. The Morgan fingerprint density at radius 3 is 2.80 bits per heavy atom. The van der Waals surface area contributed by atoms with E-state index in [0.717, 1.165) is 45.2 Å². The van der Waals surface area contributed by atoms with Crippen LogP contribution in [0.25, 0.3) is 11.4 Å². The van der Waals surface area contributed by atoms with Gasteiger partial charge in [-0.05, 0) is 48.1 Å². The summed E-state index contributed by atoms with van der Waals surface area (Å²) >= 11 is 2.28. The van der Waals surface area contributed by atoms with Gasteiger partial charge in [0.1, 0.15) is 11.6 Å². The van der Waals surface area contributed by atoms with E-state index in [4.69, 9.17) is 4.74 Å². The third kappa shape index (κ3) is 3.39. The molecule has 1 aromatic heterocycles. The molecule has 0 amide bonds. The van der Waals surface area contributed by atoms with Gasteiger partial charge in [-0.25, -0.2) is 9.97 Å². The first-order valence-electron chi connectivity index (χ1n) is 6.58. The Kier molecular flexibility index (Phi) is 5.17. The quantitative estimate of drug-likeness (QED) is 0.796. The minimum absolute atomic E-state index is 0.723. The van der Waals surface area contributed by atoms with Gasteiger partial charge in [0, 0.05) is 12.1 Å². The maximum atomic E-state index is 5.25. The van der Waals surface area contributed by atoms with Gasteiger partial charge in [-0.1, -0.05) is 19.1 Å². The third-order valence-electron chi connectivity index (χ3n) is 2.89. The third-order valence-corrected chi connectivity index (χ3v) is 4.18. The number of halogens is 1. The Labute approximate surface area is 133 Å². The maximum Gasteiger partial charge on any atom is 0.161 e. The lowest BCUT2D eigenvalue weighted by atomic mass is 10.2. The van der Waals surface area contributed by atoms with Gasteiger partial charge in [0.25, 0.3) is 0 Å². The highest BCUT2D eigenvalue weighted by molar-refractivity contribution is 14.1. The van der Waals surface area contributed by atoms with Crippen molar-refractivity contribution < 1.29 is 4.74 Å². The summed E-state index contributed by atoms with van der Waals surface area (Å²) in [7, 11) is 1.66. The molecule has 0 aliphatic heterocycles. The molecular formula is C15H18IN3O. The lowest BCUT2D eigenvalue weighted by Gasteiger charge is -2.11. The first-order valence-corrected chi connectivity index (χ1v) is 7.66. The highest BCUT2D eigenvalue weighted by atomic mass is 127. The fraction of sp³-hybridized carbons (Fsp3) is 0.333. The maximum absolute atomic E-state index is 5.25. The van der Waals surface area contributed by atoms with Gasteiger partial charge >= 0.3 is 0 Å². The first-order chi connectivity index (χ1) is 9.65. The molecule has 0 fully saturated rings. The molecule has 0 bridgehead atoms. The molecule has 0 saturated carbocycles. The molecule has 2 rings (SSSR count). The summed E-state index contributed by atoms with van der Waals surface area (Å²) in [5, 5.41) is 3.35. The van der Waals surface area contributed by atoms with E-state index in [2.05, 4.69) is 44.8 Å². The number of aromatic nitrogens is 2. The van der Waals surface area contributed by atoms with Crippen molar-refractivity contribution in [1.82, 2.24) is 9.97 Å². The van der Waals surface area contributed by atoms with E-state index in [9.17, 15) is 0 Å². The highest BCUT2D eigenvalue weighted by Gasteiger charge is 2.10. The van der Waals surface area contributed by atoms with Crippen LogP contribution in [0.2, 0.25) is 0 Å². The zero-order valence-corrected chi connectivity index (χ0v) is 14.1. The summed E-state index contributed by atoms with van der Waals surface area (Å²) in [6.07, 6.45) is 1.06. The molecule has 4 nitrogen and oxygen atoms in total. The van der Waals surface area contributed by atoms with E-state index < -0.39 is 0 Å². The topological polar surface area (TPSA) is 47.0 Å². The molecule has 5 heteroatoms. The minimum atomic E-state index is 0.723. The molecule has 1 heterocycles. The van der Waals surface area contributed by atoms with E-state index in [1.54, 1.807) is 7.11 Å². The average molecular weight is 383 g/mol. The van der Waals surface area contributed by atoms with Crippen LogP contribution in [0.3, 0.4) is 0 Å². The fourth-order valence-corrected chi connectivity index (χ4v) is 2.24. The van der Waals surface area contributed by atoms with Gasteiger partial charge in [0.05, 0.1) is 16.4 Å². The zero-order valence-electron chi connectivity index (χ0n) is 11.9. The molecule has 2 aromatic rings. The monoisotopic (exact) mass is 383 g/mol. The molecule has 0 aliphatic rings. The van der Waals surface area contributed by atoms with Crippen LogP contribution in [0.5, 0.6) is 5.75 Å². The SMILES string of the molecule is CCCNc1nc(-c2cccc(OC)c2)nc(C)c1I. The second-order valence-corrected chi connectivity index (χ2v) is 5.53. The minimum Gasteiger partial charge on any atom is -0.497 e. The summed E-state index contributed by atoms with van der Waals surface area (Å²) in [6.45, 7) is 5.05. The van der Waals surface area contributed by atoms with Crippen LogP contribution in [0.1, 0.15) is 19.0 Å². The van der Waals surface area contributed by atoms with Crippen LogP contribution in [-0.4, -0.2) is 23.6 Å². The van der Waals surface area contributed by atoms with Crippen molar-refractivity contribution in [2.24, 2.45) is 0 Å². The lowest BCUT2D eigenvalue weighted by molar-refractivity contribution is 0.415. The standard InChI is InChI=1S/C15H18IN3O/c1-4-8-17-15-13(16)10(2)18-14(19-15)11-6-5-7-12(9-11)20-3/h5-7,9H,4,8H2,1-3H3,(H,17,18,19). The number of hydrogen-bond acceptors (Lipinski definition) is 4. The number of rotatable bonds is 5. The van der Waals surface area contributed by atoms with E-state index in [0.29, 0.717) is 0 Å². The Bertz CT molecular complexity index is 602. The van der Waals surface area contributed by atoms with Gasteiger partial charge in [-0.3, -0.25) is 0 Å². The lowest BCUT2D eigenvalue weighted by Crippen LogP contribution is -2.07. The predicted molar refractivity (Wildman–Crippen MR) is 90.3 cm³/mol. The fourth-order valence-electron chi connectivity index (χ4n) is 1.81. The number of ether oxygens (including phenoxy) is 1. The first kappa shape index (κ1) is 15.0. The molecule has 0 atom stereocenters. The Balaban J connectivity index is 2.43. The van der Waals surface area contributed by atoms with Crippen LogP contribution in [-0.2, 0) is 0 Å². The van der Waals surface area contributed by atoms with Crippen LogP contribution < -0.4 is 10.1 Å². The zero-order chi connectivity index (χ0) is 14.5. The van der Waals surface area contributed by atoms with E-state index in [-0.39, 0.29) is 0 Å². The number of hydrogen-bond donors (Lipinski definition) is 1. The molecule has 0 unspecified atom stereocenters. The molecule has 0 radical (unpaired) electrons. The highest BCUT2D eigenvalue weighted by Crippen LogP contribution is 2.25. The Hall–Kier alpha value is -1.37. The summed E-state index contributed by atoms with van der Waals surface area (Å²) in [5.41, 5.74) is 1.94. The van der Waals surface area contributed by atoms with Gasteiger partial charge < -0.3 is 10.1 Å². The number of benzene rings is 1. The van der Waals surface area contributed by atoms with Gasteiger partial charge in [-0.15, -0.1) is 0 Å². The summed E-state index contributed by atoms with van der Waals surface area (Å²) < 4.78 is 6.32. The van der Waals surface area contributed by atoms with Gasteiger partial charge in [0.2, 0.25) is 0 Å². The number of anilines is 1. The van der Waals surface area contributed by atoms with E-state index in [1.165, 1.54) is 0 Å². The molecule has 1 aromatic carbocycles. The van der Waals surface area contributed by atoms with Crippen molar-refractivity contribution >= 4 is 28.4 Å². The summed E-state index contributed by atoms with van der Waals surface area (Å²) in [4.78, 5) is 9.20. The van der Waals surface area contributed by atoms with E-state index >= 15 is 0 Å². The molecule has 1 N–H and O–H groups in total. The smallest absolute Gasteiger partial charge is 0.161 e. The van der Waals surface area contributed by atoms with Crippen LogP contribution in [0, 0.1) is 10.5 Å². The second-order valence-electron chi connectivity index (χ2n) is 4.45. The summed E-state index contributed by atoms with van der Waals surface area (Å²) in [6, 6.07) is 7.81. The normalized spacial score (nSPS) is 10.4. The summed E-state index contributed by atoms with van der Waals surface area (Å²) in [5.74, 6) is 2.43. The number of nitrogens with one attached hydrogen (secondary N) is 1.